The molecule has 0 unspecified atom stereocenters. The zero-order valence-electron chi connectivity index (χ0n) is 14.8. The lowest BCUT2D eigenvalue weighted by Gasteiger charge is -2.12. The molecule has 0 aromatic heterocycles. The van der Waals surface area contributed by atoms with E-state index in [0.29, 0.717) is 31.1 Å². The molecule has 2 aromatic carbocycles. The molecule has 9 nitrogen and oxygen atoms in total. The van der Waals surface area contributed by atoms with Crippen molar-refractivity contribution in [3.8, 4) is 11.5 Å². The van der Waals surface area contributed by atoms with Crippen LogP contribution in [0.15, 0.2) is 52.3 Å². The number of rotatable bonds is 5. The Morgan fingerprint density at radius 2 is 1.46 bits per heavy atom. The summed E-state index contributed by atoms with van der Waals surface area (Å²) in [5.41, 5.74) is 0.161. The average Bonchev–Trinajstić information content (AvgIpc) is 2.85. The van der Waals surface area contributed by atoms with E-state index >= 15 is 0 Å². The van der Waals surface area contributed by atoms with E-state index < -0.39 is 26.0 Å². The Bertz CT molecular complexity index is 1090. The van der Waals surface area contributed by atoms with Gasteiger partial charge in [-0.3, -0.25) is 9.52 Å². The minimum absolute atomic E-state index is 0.0216. The summed E-state index contributed by atoms with van der Waals surface area (Å²) < 4.78 is 64.3. The van der Waals surface area contributed by atoms with Crippen LogP contribution in [0.2, 0.25) is 0 Å². The fraction of sp³-hybridized carbons (Fsp3) is 0.235. The largest absolute Gasteiger partial charge is 0.490 e. The third-order valence-electron chi connectivity index (χ3n) is 3.72. The SMILES string of the molecule is CC(=O)NS(=O)(=O)c1ccc(NS(=O)(=O)c2ccc3c(c2)OCCCO3)cc1. The van der Waals surface area contributed by atoms with Gasteiger partial charge in [-0.2, -0.15) is 0 Å². The Kier molecular flexibility index (Phi) is 5.47. The third kappa shape index (κ3) is 4.54. The second-order valence-corrected chi connectivity index (χ2v) is 9.32. The molecular weight excluding hydrogens is 408 g/mol. The number of fused-ring (bicyclic) bond motifs is 1. The van der Waals surface area contributed by atoms with Crippen LogP contribution in [-0.4, -0.2) is 36.0 Å². The van der Waals surface area contributed by atoms with Crippen LogP contribution in [-0.2, 0) is 24.8 Å². The maximum atomic E-state index is 12.6. The molecule has 28 heavy (non-hydrogen) atoms. The van der Waals surface area contributed by atoms with Crippen LogP contribution < -0.4 is 18.9 Å². The number of benzene rings is 2. The highest BCUT2D eigenvalue weighted by Gasteiger charge is 2.20. The van der Waals surface area contributed by atoms with Gasteiger partial charge in [-0.25, -0.2) is 21.6 Å². The van der Waals surface area contributed by atoms with Crippen LogP contribution in [0.1, 0.15) is 13.3 Å². The molecule has 1 amide bonds. The smallest absolute Gasteiger partial charge is 0.264 e. The van der Waals surface area contributed by atoms with Gasteiger partial charge >= 0.3 is 0 Å². The van der Waals surface area contributed by atoms with E-state index in [1.165, 1.54) is 42.5 Å². The van der Waals surface area contributed by atoms with Crippen LogP contribution in [0.25, 0.3) is 0 Å². The van der Waals surface area contributed by atoms with Crippen LogP contribution in [0, 0.1) is 0 Å². The molecular formula is C17H18N2O7S2. The van der Waals surface area contributed by atoms with Crippen LogP contribution >= 0.6 is 0 Å². The van der Waals surface area contributed by atoms with Crippen molar-refractivity contribution < 1.29 is 31.1 Å². The first-order chi connectivity index (χ1) is 13.2. The monoisotopic (exact) mass is 426 g/mol. The van der Waals surface area contributed by atoms with Crippen LogP contribution in [0.4, 0.5) is 5.69 Å². The summed E-state index contributed by atoms with van der Waals surface area (Å²) in [6.07, 6.45) is 0.697. The number of hydrogen-bond acceptors (Lipinski definition) is 7. The molecule has 0 saturated carbocycles. The molecule has 3 rings (SSSR count). The van der Waals surface area contributed by atoms with E-state index in [1.54, 1.807) is 0 Å². The molecule has 2 aromatic rings. The second-order valence-electron chi connectivity index (χ2n) is 5.95. The maximum Gasteiger partial charge on any atom is 0.264 e. The minimum atomic E-state index is -3.99. The van der Waals surface area contributed by atoms with Gasteiger partial charge in [0, 0.05) is 25.1 Å². The molecule has 1 aliphatic rings. The highest BCUT2D eigenvalue weighted by molar-refractivity contribution is 7.92. The van der Waals surface area contributed by atoms with Gasteiger partial charge in [0.05, 0.1) is 23.0 Å². The molecule has 0 aliphatic carbocycles. The quantitative estimate of drug-likeness (QED) is 0.741. The van der Waals surface area contributed by atoms with E-state index in [2.05, 4.69) is 4.72 Å². The molecule has 11 heteroatoms. The Morgan fingerprint density at radius 3 is 2.11 bits per heavy atom. The van der Waals surface area contributed by atoms with Crippen molar-refractivity contribution in [2.75, 3.05) is 17.9 Å². The molecule has 0 saturated heterocycles. The lowest BCUT2D eigenvalue weighted by molar-refractivity contribution is -0.117. The highest BCUT2D eigenvalue weighted by Crippen LogP contribution is 2.32. The number of anilines is 1. The number of carbonyl (C=O) groups is 1. The predicted molar refractivity (Wildman–Crippen MR) is 100 cm³/mol. The summed E-state index contributed by atoms with van der Waals surface area (Å²) in [5, 5.41) is 0. The summed E-state index contributed by atoms with van der Waals surface area (Å²) in [4.78, 5) is 10.8. The number of ether oxygens (including phenoxy) is 2. The lowest BCUT2D eigenvalue weighted by atomic mass is 10.3. The molecule has 0 radical (unpaired) electrons. The van der Waals surface area contributed by atoms with E-state index in [4.69, 9.17) is 9.47 Å². The molecule has 0 spiro atoms. The average molecular weight is 426 g/mol. The van der Waals surface area contributed by atoms with Gasteiger partial charge in [-0.15, -0.1) is 0 Å². The third-order valence-corrected chi connectivity index (χ3v) is 6.55. The highest BCUT2D eigenvalue weighted by atomic mass is 32.2. The lowest BCUT2D eigenvalue weighted by Crippen LogP contribution is -2.28. The van der Waals surface area contributed by atoms with Crippen molar-refractivity contribution in [3.63, 3.8) is 0 Å². The normalized spacial score (nSPS) is 14.0. The van der Waals surface area contributed by atoms with Crippen LogP contribution in [0.5, 0.6) is 11.5 Å². The van der Waals surface area contributed by atoms with Crippen molar-refractivity contribution in [3.05, 3.63) is 42.5 Å². The Hall–Kier alpha value is -2.79. The zero-order chi connectivity index (χ0) is 20.4. The van der Waals surface area contributed by atoms with Crippen molar-refractivity contribution in [1.82, 2.24) is 4.72 Å². The van der Waals surface area contributed by atoms with Gasteiger partial charge < -0.3 is 9.47 Å². The van der Waals surface area contributed by atoms with Gasteiger partial charge in [0.2, 0.25) is 5.91 Å². The van der Waals surface area contributed by atoms with Crippen molar-refractivity contribution in [2.45, 2.75) is 23.1 Å². The van der Waals surface area contributed by atoms with Gasteiger partial charge in [0.1, 0.15) is 0 Å². The number of amides is 1. The first-order valence-electron chi connectivity index (χ1n) is 8.23. The Balaban J connectivity index is 1.81. The minimum Gasteiger partial charge on any atom is -0.490 e. The summed E-state index contributed by atoms with van der Waals surface area (Å²) >= 11 is 0. The fourth-order valence-electron chi connectivity index (χ4n) is 2.48. The first-order valence-corrected chi connectivity index (χ1v) is 11.2. The summed E-state index contributed by atoms with van der Waals surface area (Å²) in [5.74, 6) is 0.0975. The number of sulfonamides is 2. The number of hydrogen-bond donors (Lipinski definition) is 2. The Labute approximate surface area is 162 Å². The van der Waals surface area contributed by atoms with Crippen LogP contribution in [0.3, 0.4) is 0 Å². The van der Waals surface area contributed by atoms with Gasteiger partial charge in [-0.05, 0) is 36.4 Å². The Morgan fingerprint density at radius 1 is 0.857 bits per heavy atom. The fourth-order valence-corrected chi connectivity index (χ4v) is 4.54. The zero-order valence-corrected chi connectivity index (χ0v) is 16.5. The molecule has 150 valence electrons. The maximum absolute atomic E-state index is 12.6. The van der Waals surface area contributed by atoms with Crippen molar-refractivity contribution >= 4 is 31.6 Å². The van der Waals surface area contributed by atoms with E-state index in [9.17, 15) is 21.6 Å². The van der Waals surface area contributed by atoms with Crippen molar-refractivity contribution in [2.24, 2.45) is 0 Å². The van der Waals surface area contributed by atoms with E-state index in [1.807, 2.05) is 4.72 Å². The van der Waals surface area contributed by atoms with Gasteiger partial charge in [0.15, 0.2) is 11.5 Å². The van der Waals surface area contributed by atoms with Crippen molar-refractivity contribution in [1.29, 1.82) is 0 Å². The summed E-state index contributed by atoms with van der Waals surface area (Å²) in [6, 6.07) is 9.25. The topological polar surface area (TPSA) is 128 Å². The number of carbonyl (C=O) groups excluding carboxylic acids is 1. The van der Waals surface area contributed by atoms with Gasteiger partial charge in [0.25, 0.3) is 20.0 Å². The molecule has 0 bridgehead atoms. The van der Waals surface area contributed by atoms with E-state index in [0.717, 1.165) is 6.92 Å². The first kappa shape index (κ1) is 20.0. The molecule has 2 N–H and O–H groups in total. The van der Waals surface area contributed by atoms with E-state index in [-0.39, 0.29) is 15.5 Å². The predicted octanol–water partition coefficient (Wildman–Crippen LogP) is 1.47. The summed E-state index contributed by atoms with van der Waals surface area (Å²) in [6.45, 7) is 1.99. The molecule has 1 aliphatic heterocycles. The standard InChI is InChI=1S/C17H18N2O7S2/c1-12(20)18-27(21,22)14-5-3-13(4-6-14)19-28(23,24)15-7-8-16-17(11-15)26-10-2-9-25-16/h3-8,11,19H,2,9-10H2,1H3,(H,18,20). The summed E-state index contributed by atoms with van der Waals surface area (Å²) in [7, 11) is -7.92. The molecule has 0 fully saturated rings. The molecule has 0 atom stereocenters. The number of nitrogens with one attached hydrogen (secondary N) is 2. The van der Waals surface area contributed by atoms with Gasteiger partial charge in [-0.1, -0.05) is 0 Å². The molecule has 1 heterocycles. The second kappa shape index (κ2) is 7.68.